The molecule has 0 aliphatic heterocycles. The van der Waals surface area contributed by atoms with Gasteiger partial charge in [0.05, 0.1) is 23.6 Å². The highest BCUT2D eigenvalue weighted by Gasteiger charge is 2.23. The lowest BCUT2D eigenvalue weighted by Gasteiger charge is -2.15. The van der Waals surface area contributed by atoms with E-state index in [-0.39, 0.29) is 16.2 Å². The summed E-state index contributed by atoms with van der Waals surface area (Å²) in [6.45, 7) is 1.66. The van der Waals surface area contributed by atoms with Crippen molar-refractivity contribution in [2.45, 2.75) is 17.9 Å². The molecule has 24 heavy (non-hydrogen) atoms. The van der Waals surface area contributed by atoms with Crippen LogP contribution in [-0.4, -0.2) is 43.2 Å². The van der Waals surface area contributed by atoms with Crippen LogP contribution in [0.15, 0.2) is 29.4 Å². The Kier molecular flexibility index (Phi) is 5.20. The van der Waals surface area contributed by atoms with Crippen LogP contribution in [-0.2, 0) is 17.1 Å². The zero-order chi connectivity index (χ0) is 17.9. The number of ether oxygens (including phenoxy) is 1. The molecule has 0 aliphatic carbocycles. The number of nitrogens with zero attached hydrogens (tertiary/aromatic N) is 3. The van der Waals surface area contributed by atoms with Gasteiger partial charge in [-0.2, -0.15) is 0 Å². The number of rotatable bonds is 6. The van der Waals surface area contributed by atoms with E-state index in [1.165, 1.54) is 38.7 Å². The number of nitrogens with one attached hydrogen (secondary N) is 2. The highest BCUT2D eigenvalue weighted by molar-refractivity contribution is 7.89. The molecule has 2 N–H and O–H groups in total. The summed E-state index contributed by atoms with van der Waals surface area (Å²) in [6, 6.07) is 3.49. The first-order chi connectivity index (χ1) is 11.3. The topological polar surface area (TPSA) is 115 Å². The highest BCUT2D eigenvalue weighted by Crippen LogP contribution is 2.23. The van der Waals surface area contributed by atoms with Crippen LogP contribution in [0.1, 0.15) is 29.1 Å². The number of hydrogen-bond donors (Lipinski definition) is 2. The number of methoxy groups -OCH3 is 1. The van der Waals surface area contributed by atoms with Gasteiger partial charge in [-0.3, -0.25) is 4.79 Å². The van der Waals surface area contributed by atoms with Crippen LogP contribution in [0, 0.1) is 0 Å². The summed E-state index contributed by atoms with van der Waals surface area (Å²) in [7, 11) is 0.724. The predicted octanol–water partition coefficient (Wildman–Crippen LogP) is 0.223. The van der Waals surface area contributed by atoms with E-state index >= 15 is 0 Å². The molecule has 0 saturated carbocycles. The number of aromatic nitrogens is 3. The average molecular weight is 353 g/mol. The van der Waals surface area contributed by atoms with E-state index in [4.69, 9.17) is 4.74 Å². The summed E-state index contributed by atoms with van der Waals surface area (Å²) >= 11 is 0. The van der Waals surface area contributed by atoms with Crippen molar-refractivity contribution in [3.8, 4) is 5.75 Å². The Hall–Kier alpha value is -2.46. The van der Waals surface area contributed by atoms with Gasteiger partial charge in [-0.25, -0.2) is 13.1 Å². The van der Waals surface area contributed by atoms with Gasteiger partial charge in [0.15, 0.2) is 0 Å². The van der Waals surface area contributed by atoms with Gasteiger partial charge in [-0.05, 0) is 25.1 Å². The monoisotopic (exact) mass is 353 g/mol. The van der Waals surface area contributed by atoms with Crippen molar-refractivity contribution in [3.63, 3.8) is 0 Å². The van der Waals surface area contributed by atoms with E-state index in [1.54, 1.807) is 18.5 Å². The molecule has 1 aromatic carbocycles. The summed E-state index contributed by atoms with van der Waals surface area (Å²) in [6.07, 6.45) is 1.48. The minimum Gasteiger partial charge on any atom is -0.496 e. The molecule has 1 amide bonds. The molecule has 0 aliphatic rings. The quantitative estimate of drug-likeness (QED) is 0.768. The van der Waals surface area contributed by atoms with Crippen molar-refractivity contribution >= 4 is 15.9 Å². The lowest BCUT2D eigenvalue weighted by Crippen LogP contribution is -2.29. The van der Waals surface area contributed by atoms with Gasteiger partial charge in [0.1, 0.15) is 17.9 Å². The average Bonchev–Trinajstić information content (AvgIpc) is 2.99. The Morgan fingerprint density at radius 3 is 2.62 bits per heavy atom. The summed E-state index contributed by atoms with van der Waals surface area (Å²) in [5.74, 6) is 0.318. The molecule has 0 radical (unpaired) electrons. The second-order valence-corrected chi connectivity index (χ2v) is 6.80. The number of benzene rings is 1. The standard InChI is InChI=1S/C14H19N5O4S/c1-9(13-17-16-8-19(13)3)18-24(21,22)10-5-6-12(23-4)11(7-10)14(20)15-2/h5-9,18H,1-4H3,(H,15,20)/t9-/m0/s1. The van der Waals surface area contributed by atoms with Gasteiger partial charge in [0, 0.05) is 14.1 Å². The molecule has 2 aromatic rings. The molecule has 1 atom stereocenters. The number of carbonyl (C=O) groups excluding carboxylic acids is 1. The largest absolute Gasteiger partial charge is 0.496 e. The number of aryl methyl sites for hydroxylation is 1. The Morgan fingerprint density at radius 1 is 1.38 bits per heavy atom. The lowest BCUT2D eigenvalue weighted by atomic mass is 10.2. The molecule has 1 aromatic heterocycles. The Morgan fingerprint density at radius 2 is 2.08 bits per heavy atom. The highest BCUT2D eigenvalue weighted by atomic mass is 32.2. The van der Waals surface area contributed by atoms with E-state index in [0.29, 0.717) is 5.82 Å². The fourth-order valence-corrected chi connectivity index (χ4v) is 3.43. The molecule has 9 nitrogen and oxygen atoms in total. The van der Waals surface area contributed by atoms with Crippen molar-refractivity contribution in [1.82, 2.24) is 24.8 Å². The zero-order valence-electron chi connectivity index (χ0n) is 13.8. The fourth-order valence-electron chi connectivity index (χ4n) is 2.20. The summed E-state index contributed by atoms with van der Waals surface area (Å²) in [5, 5.41) is 10.1. The first-order valence-corrected chi connectivity index (χ1v) is 8.54. The summed E-state index contributed by atoms with van der Waals surface area (Å²) in [5.41, 5.74) is 0.134. The second-order valence-electron chi connectivity index (χ2n) is 5.08. The third-order valence-corrected chi connectivity index (χ3v) is 4.96. The number of amides is 1. The van der Waals surface area contributed by atoms with Crippen molar-refractivity contribution in [1.29, 1.82) is 0 Å². The summed E-state index contributed by atoms with van der Waals surface area (Å²) in [4.78, 5) is 11.9. The lowest BCUT2D eigenvalue weighted by molar-refractivity contribution is 0.0960. The van der Waals surface area contributed by atoms with E-state index in [2.05, 4.69) is 20.2 Å². The van der Waals surface area contributed by atoms with Crippen LogP contribution in [0.2, 0.25) is 0 Å². The predicted molar refractivity (Wildman–Crippen MR) is 86.1 cm³/mol. The molecule has 0 fully saturated rings. The van der Waals surface area contributed by atoms with Crippen molar-refractivity contribution < 1.29 is 17.9 Å². The van der Waals surface area contributed by atoms with Crippen molar-refractivity contribution in [2.24, 2.45) is 7.05 Å². The van der Waals surface area contributed by atoms with Gasteiger partial charge < -0.3 is 14.6 Å². The Bertz CT molecular complexity index is 847. The molecule has 0 spiro atoms. The van der Waals surface area contributed by atoms with Crippen LogP contribution in [0.4, 0.5) is 0 Å². The van der Waals surface area contributed by atoms with Gasteiger partial charge >= 0.3 is 0 Å². The minimum atomic E-state index is -3.86. The van der Waals surface area contributed by atoms with Gasteiger partial charge in [-0.1, -0.05) is 0 Å². The van der Waals surface area contributed by atoms with Gasteiger partial charge in [0.25, 0.3) is 5.91 Å². The first kappa shape index (κ1) is 17.9. The van der Waals surface area contributed by atoms with E-state index in [0.717, 1.165) is 0 Å². The third-order valence-electron chi connectivity index (χ3n) is 3.42. The van der Waals surface area contributed by atoms with Crippen LogP contribution in [0.5, 0.6) is 5.75 Å². The second kappa shape index (κ2) is 6.97. The van der Waals surface area contributed by atoms with Crippen LogP contribution < -0.4 is 14.8 Å². The molecule has 130 valence electrons. The number of sulfonamides is 1. The van der Waals surface area contributed by atoms with E-state index in [9.17, 15) is 13.2 Å². The maximum atomic E-state index is 12.6. The minimum absolute atomic E-state index is 0.0454. The molecular formula is C14H19N5O4S. The number of carbonyl (C=O) groups is 1. The van der Waals surface area contributed by atoms with Crippen LogP contribution in [0.25, 0.3) is 0 Å². The third kappa shape index (κ3) is 3.54. The molecule has 0 saturated heterocycles. The van der Waals surface area contributed by atoms with Crippen molar-refractivity contribution in [2.75, 3.05) is 14.2 Å². The SMILES string of the molecule is CNC(=O)c1cc(S(=O)(=O)N[C@@H](C)c2nncn2C)ccc1OC. The Balaban J connectivity index is 2.35. The first-order valence-electron chi connectivity index (χ1n) is 7.06. The maximum Gasteiger partial charge on any atom is 0.254 e. The summed E-state index contributed by atoms with van der Waals surface area (Å²) < 4.78 is 34.4. The normalized spacial score (nSPS) is 12.7. The van der Waals surface area contributed by atoms with E-state index < -0.39 is 22.0 Å². The van der Waals surface area contributed by atoms with Crippen LogP contribution >= 0.6 is 0 Å². The van der Waals surface area contributed by atoms with E-state index in [1.807, 2.05) is 0 Å². The zero-order valence-corrected chi connectivity index (χ0v) is 14.6. The Labute approximate surface area is 140 Å². The molecule has 1 heterocycles. The van der Waals surface area contributed by atoms with Crippen molar-refractivity contribution in [3.05, 3.63) is 35.9 Å². The molecule has 0 unspecified atom stereocenters. The molecule has 10 heteroatoms. The fraction of sp³-hybridized carbons (Fsp3) is 0.357. The maximum absolute atomic E-state index is 12.6. The number of hydrogen-bond acceptors (Lipinski definition) is 6. The van der Waals surface area contributed by atoms with Gasteiger partial charge in [-0.15, -0.1) is 10.2 Å². The molecule has 2 rings (SSSR count). The molecule has 0 bridgehead atoms. The van der Waals surface area contributed by atoms with Crippen LogP contribution in [0.3, 0.4) is 0 Å². The molecular weight excluding hydrogens is 334 g/mol. The smallest absolute Gasteiger partial charge is 0.254 e. The van der Waals surface area contributed by atoms with Gasteiger partial charge in [0.2, 0.25) is 10.0 Å².